The third kappa shape index (κ3) is 2.07. The molecule has 6 nitrogen and oxygen atoms in total. The van der Waals surface area contributed by atoms with Crippen LogP contribution >= 0.6 is 0 Å². The molecule has 2 heterocycles. The topological polar surface area (TPSA) is 75.7 Å². The second-order valence-electron chi connectivity index (χ2n) is 6.23. The molecule has 2 saturated heterocycles. The highest BCUT2D eigenvalue weighted by Crippen LogP contribution is 2.49. The summed E-state index contributed by atoms with van der Waals surface area (Å²) in [5.41, 5.74) is -0.613. The average Bonchev–Trinajstić information content (AvgIpc) is 3.05. The van der Waals surface area contributed by atoms with Crippen molar-refractivity contribution in [3.63, 3.8) is 0 Å². The predicted octanol–water partition coefficient (Wildman–Crippen LogP) is 1.02. The molecule has 4 atom stereocenters. The van der Waals surface area contributed by atoms with Crippen molar-refractivity contribution in [3.05, 3.63) is 35.6 Å². The minimum Gasteiger partial charge on any atom is -0.468 e. The van der Waals surface area contributed by atoms with Gasteiger partial charge in [-0.15, -0.1) is 0 Å². The summed E-state index contributed by atoms with van der Waals surface area (Å²) in [5.74, 6) is -3.25. The van der Waals surface area contributed by atoms with E-state index in [1.165, 1.54) is 26.3 Å². The number of nitrogens with zero attached hydrogens (tertiary/aromatic N) is 1. The monoisotopic (exact) mass is 334 g/mol. The van der Waals surface area contributed by atoms with E-state index in [4.69, 9.17) is 4.74 Å². The maximum atomic E-state index is 13.2. The molecular weight excluding hydrogens is 315 g/mol. The van der Waals surface area contributed by atoms with E-state index in [0.29, 0.717) is 12.0 Å². The van der Waals surface area contributed by atoms with Crippen LogP contribution in [0.2, 0.25) is 0 Å². The molecule has 1 N–H and O–H groups in total. The summed E-state index contributed by atoms with van der Waals surface area (Å²) in [5, 5.41) is 3.16. The van der Waals surface area contributed by atoms with Gasteiger partial charge >= 0.3 is 5.97 Å². The number of benzene rings is 1. The van der Waals surface area contributed by atoms with Gasteiger partial charge in [-0.2, -0.15) is 0 Å². The molecule has 2 amide bonds. The van der Waals surface area contributed by atoms with Gasteiger partial charge in [-0.3, -0.25) is 24.6 Å². The van der Waals surface area contributed by atoms with E-state index >= 15 is 0 Å². The van der Waals surface area contributed by atoms with Crippen molar-refractivity contribution < 1.29 is 23.5 Å². The number of nitrogens with one attached hydrogen (secondary N) is 1. The van der Waals surface area contributed by atoms with Crippen LogP contribution in [0.15, 0.2) is 24.3 Å². The third-order valence-electron chi connectivity index (χ3n) is 5.21. The van der Waals surface area contributed by atoms with Crippen molar-refractivity contribution in [2.45, 2.75) is 24.9 Å². The number of carbonyl (C=O) groups is 3. The number of hydrogen-bond donors (Lipinski definition) is 1. The number of rotatable bonds is 3. The molecular formula is C17H19FN2O4. The zero-order valence-electron chi connectivity index (χ0n) is 13.7. The van der Waals surface area contributed by atoms with Crippen molar-refractivity contribution in [1.29, 1.82) is 0 Å². The minimum absolute atomic E-state index is 0.297. The quantitative estimate of drug-likeness (QED) is 0.660. The lowest BCUT2D eigenvalue weighted by Gasteiger charge is -2.30. The van der Waals surface area contributed by atoms with Gasteiger partial charge in [-0.05, 0) is 24.1 Å². The zero-order valence-corrected chi connectivity index (χ0v) is 13.7. The van der Waals surface area contributed by atoms with Gasteiger partial charge in [-0.25, -0.2) is 4.39 Å². The van der Waals surface area contributed by atoms with Crippen LogP contribution in [0.5, 0.6) is 0 Å². The molecule has 0 spiro atoms. The Kier molecular flexibility index (Phi) is 3.91. The maximum absolute atomic E-state index is 13.2. The van der Waals surface area contributed by atoms with Gasteiger partial charge < -0.3 is 4.74 Å². The standard InChI is InChI=1S/C17H19FN2O4/c1-4-17(16(23)24-3)12-11(14(21)20(2)15(12)22)13(19-17)9-5-7-10(18)8-6-9/h5-8,11-13,19H,4H2,1-3H3/t11-,12+,13+,17-/m0/s1. The van der Waals surface area contributed by atoms with E-state index in [9.17, 15) is 18.8 Å². The lowest BCUT2D eigenvalue weighted by atomic mass is 9.78. The normalized spacial score (nSPS) is 32.2. The van der Waals surface area contributed by atoms with Crippen LogP contribution < -0.4 is 5.32 Å². The lowest BCUT2D eigenvalue weighted by Crippen LogP contribution is -2.55. The summed E-state index contributed by atoms with van der Waals surface area (Å²) in [6, 6.07) is 5.14. The number of esters is 1. The summed E-state index contributed by atoms with van der Waals surface area (Å²) in [6.07, 6.45) is 0.297. The van der Waals surface area contributed by atoms with Gasteiger partial charge in [0.05, 0.1) is 18.9 Å². The molecule has 7 heteroatoms. The zero-order chi connectivity index (χ0) is 17.6. The SMILES string of the molecule is CC[C@]1(C(=O)OC)N[C@H](c2ccc(F)cc2)[C@H]2C(=O)N(C)C(=O)[C@@H]21. The first-order valence-electron chi connectivity index (χ1n) is 7.80. The molecule has 0 aliphatic carbocycles. The summed E-state index contributed by atoms with van der Waals surface area (Å²) in [7, 11) is 2.68. The van der Waals surface area contributed by atoms with E-state index in [2.05, 4.69) is 5.32 Å². The number of halogens is 1. The Balaban J connectivity index is 2.12. The van der Waals surface area contributed by atoms with E-state index in [0.717, 1.165) is 4.90 Å². The van der Waals surface area contributed by atoms with E-state index < -0.39 is 41.1 Å². The Bertz CT molecular complexity index is 705. The minimum atomic E-state index is -1.27. The summed E-state index contributed by atoms with van der Waals surface area (Å²) in [4.78, 5) is 38.8. The van der Waals surface area contributed by atoms with Crippen LogP contribution in [0, 0.1) is 17.7 Å². The van der Waals surface area contributed by atoms with Gasteiger partial charge in [0, 0.05) is 13.1 Å². The second kappa shape index (κ2) is 5.66. The van der Waals surface area contributed by atoms with Gasteiger partial charge in [-0.1, -0.05) is 19.1 Å². The first-order valence-corrected chi connectivity index (χ1v) is 7.80. The molecule has 0 bridgehead atoms. The van der Waals surface area contributed by atoms with Crippen molar-refractivity contribution in [2.24, 2.45) is 11.8 Å². The number of hydrogen-bond acceptors (Lipinski definition) is 5. The molecule has 0 unspecified atom stereocenters. The smallest absolute Gasteiger partial charge is 0.326 e. The molecule has 1 aromatic carbocycles. The van der Waals surface area contributed by atoms with Crippen LogP contribution in [-0.4, -0.2) is 42.4 Å². The van der Waals surface area contributed by atoms with Gasteiger partial charge in [0.1, 0.15) is 11.4 Å². The number of amides is 2. The lowest BCUT2D eigenvalue weighted by molar-refractivity contribution is -0.154. The Morgan fingerprint density at radius 1 is 1.29 bits per heavy atom. The van der Waals surface area contributed by atoms with Crippen molar-refractivity contribution in [3.8, 4) is 0 Å². The molecule has 2 aliphatic rings. The third-order valence-corrected chi connectivity index (χ3v) is 5.21. The molecule has 1 aromatic rings. The summed E-state index contributed by atoms with van der Waals surface area (Å²) < 4.78 is 18.1. The number of likely N-dealkylation sites (tertiary alicyclic amines) is 1. The van der Waals surface area contributed by atoms with Crippen LogP contribution in [0.1, 0.15) is 24.9 Å². The maximum Gasteiger partial charge on any atom is 0.326 e. The van der Waals surface area contributed by atoms with Crippen LogP contribution in [0.25, 0.3) is 0 Å². The van der Waals surface area contributed by atoms with Crippen molar-refractivity contribution >= 4 is 17.8 Å². The van der Waals surface area contributed by atoms with Gasteiger partial charge in [0.15, 0.2) is 0 Å². The Morgan fingerprint density at radius 2 is 1.92 bits per heavy atom. The largest absolute Gasteiger partial charge is 0.468 e. The summed E-state index contributed by atoms with van der Waals surface area (Å²) >= 11 is 0. The van der Waals surface area contributed by atoms with E-state index in [1.807, 2.05) is 0 Å². The molecule has 0 aromatic heterocycles. The van der Waals surface area contributed by atoms with Crippen molar-refractivity contribution in [2.75, 3.05) is 14.2 Å². The molecule has 3 rings (SSSR count). The molecule has 0 saturated carbocycles. The van der Waals surface area contributed by atoms with Gasteiger partial charge in [0.2, 0.25) is 11.8 Å². The number of carbonyl (C=O) groups excluding carboxylic acids is 3. The highest BCUT2D eigenvalue weighted by atomic mass is 19.1. The highest BCUT2D eigenvalue weighted by molar-refractivity contribution is 6.09. The first-order chi connectivity index (χ1) is 11.4. The molecule has 24 heavy (non-hydrogen) atoms. The van der Waals surface area contributed by atoms with Gasteiger partial charge in [0.25, 0.3) is 0 Å². The van der Waals surface area contributed by atoms with Crippen LogP contribution in [0.3, 0.4) is 0 Å². The fraction of sp³-hybridized carbons (Fsp3) is 0.471. The Labute approximate surface area is 139 Å². The molecule has 2 fully saturated rings. The molecule has 128 valence electrons. The number of imide groups is 1. The fourth-order valence-corrected chi connectivity index (χ4v) is 3.94. The van der Waals surface area contributed by atoms with E-state index in [1.54, 1.807) is 19.1 Å². The van der Waals surface area contributed by atoms with E-state index in [-0.39, 0.29) is 5.91 Å². The Hall–Kier alpha value is -2.28. The van der Waals surface area contributed by atoms with Crippen molar-refractivity contribution in [1.82, 2.24) is 10.2 Å². The average molecular weight is 334 g/mol. The molecule has 0 radical (unpaired) electrons. The van der Waals surface area contributed by atoms with Crippen LogP contribution in [0.4, 0.5) is 4.39 Å². The first kappa shape index (κ1) is 16.6. The number of ether oxygens (including phenoxy) is 1. The molecule has 2 aliphatic heterocycles. The second-order valence-corrected chi connectivity index (χ2v) is 6.23. The highest BCUT2D eigenvalue weighted by Gasteiger charge is 2.67. The number of fused-ring (bicyclic) bond motifs is 1. The predicted molar refractivity (Wildman–Crippen MR) is 82.1 cm³/mol. The fourth-order valence-electron chi connectivity index (χ4n) is 3.94. The van der Waals surface area contributed by atoms with Crippen LogP contribution in [-0.2, 0) is 19.1 Å². The summed E-state index contributed by atoms with van der Waals surface area (Å²) in [6.45, 7) is 1.77. The Morgan fingerprint density at radius 3 is 2.46 bits per heavy atom. The number of methoxy groups -OCH3 is 1.